The minimum Gasteiger partial charge on any atom is -0.387 e. The molecule has 0 aromatic carbocycles. The van der Waals surface area contributed by atoms with Crippen molar-refractivity contribution in [2.75, 3.05) is 45.9 Å². The van der Waals surface area contributed by atoms with E-state index in [2.05, 4.69) is 10.00 Å². The SMILES string of the molecule is Cc1c(CCC(=O)N2CC[C@](O)(CN3CCOCC3)C2)cnn1C. The molecular weight excluding hydrogens is 308 g/mol. The van der Waals surface area contributed by atoms with E-state index < -0.39 is 5.60 Å². The standard InChI is InChI=1S/C17H28N4O3/c1-14-15(11-18-19(14)2)3-4-16(22)21-6-5-17(23,13-21)12-20-7-9-24-10-8-20/h11,23H,3-10,12-13H2,1-2H3/t17-/m0/s1. The van der Waals surface area contributed by atoms with Gasteiger partial charge in [-0.1, -0.05) is 0 Å². The molecule has 3 heterocycles. The van der Waals surface area contributed by atoms with Gasteiger partial charge in [0.05, 0.1) is 31.6 Å². The van der Waals surface area contributed by atoms with Crippen LogP contribution in [-0.2, 0) is 23.0 Å². The molecule has 24 heavy (non-hydrogen) atoms. The van der Waals surface area contributed by atoms with Gasteiger partial charge in [0.25, 0.3) is 0 Å². The Balaban J connectivity index is 1.49. The molecule has 2 aliphatic heterocycles. The van der Waals surface area contributed by atoms with Gasteiger partial charge in [0, 0.05) is 45.3 Å². The summed E-state index contributed by atoms with van der Waals surface area (Å²) in [5.74, 6) is 0.121. The van der Waals surface area contributed by atoms with Gasteiger partial charge in [-0.15, -0.1) is 0 Å². The number of aryl methyl sites for hydroxylation is 2. The number of aromatic nitrogens is 2. The second-order valence-corrected chi connectivity index (χ2v) is 7.06. The predicted octanol–water partition coefficient (Wildman–Crippen LogP) is -0.0433. The highest BCUT2D eigenvalue weighted by atomic mass is 16.5. The van der Waals surface area contributed by atoms with Crippen LogP contribution in [0.3, 0.4) is 0 Å². The van der Waals surface area contributed by atoms with Gasteiger partial charge in [0.1, 0.15) is 0 Å². The number of β-amino-alcohol motifs (C(OH)–C–C–N with tert-alkyl or cyclic N) is 1. The second-order valence-electron chi connectivity index (χ2n) is 7.06. The van der Waals surface area contributed by atoms with Gasteiger partial charge in [-0.05, 0) is 25.3 Å². The minimum atomic E-state index is -0.781. The van der Waals surface area contributed by atoms with Crippen molar-refractivity contribution >= 4 is 5.91 Å². The summed E-state index contributed by atoms with van der Waals surface area (Å²) in [5, 5.41) is 15.0. The molecule has 2 aliphatic rings. The van der Waals surface area contributed by atoms with Gasteiger partial charge in [0.15, 0.2) is 0 Å². The molecule has 0 bridgehead atoms. The Morgan fingerprint density at radius 2 is 2.12 bits per heavy atom. The minimum absolute atomic E-state index is 0.121. The fraction of sp³-hybridized carbons (Fsp3) is 0.765. The number of nitrogens with zero attached hydrogens (tertiary/aromatic N) is 4. The van der Waals surface area contributed by atoms with E-state index in [1.807, 2.05) is 29.7 Å². The van der Waals surface area contributed by atoms with E-state index in [1.54, 1.807) is 0 Å². The van der Waals surface area contributed by atoms with Gasteiger partial charge in [-0.25, -0.2) is 0 Å². The van der Waals surface area contributed by atoms with E-state index in [0.717, 1.165) is 37.6 Å². The van der Waals surface area contributed by atoms with Crippen molar-refractivity contribution in [2.45, 2.75) is 31.8 Å². The smallest absolute Gasteiger partial charge is 0.223 e. The van der Waals surface area contributed by atoms with Crippen LogP contribution < -0.4 is 0 Å². The molecule has 2 fully saturated rings. The van der Waals surface area contributed by atoms with Crippen LogP contribution >= 0.6 is 0 Å². The zero-order valence-electron chi connectivity index (χ0n) is 14.7. The second kappa shape index (κ2) is 7.21. The molecule has 1 aromatic rings. The number of aliphatic hydroxyl groups is 1. The molecule has 134 valence electrons. The molecule has 1 aromatic heterocycles. The van der Waals surface area contributed by atoms with Crippen molar-refractivity contribution in [3.63, 3.8) is 0 Å². The Bertz CT molecular complexity index is 582. The Hall–Kier alpha value is -1.44. The quantitative estimate of drug-likeness (QED) is 0.817. The molecule has 1 amide bonds. The normalized spacial score (nSPS) is 25.4. The van der Waals surface area contributed by atoms with E-state index in [1.165, 1.54) is 0 Å². The van der Waals surface area contributed by atoms with Gasteiger partial charge >= 0.3 is 0 Å². The first-order valence-corrected chi connectivity index (χ1v) is 8.75. The summed E-state index contributed by atoms with van der Waals surface area (Å²) in [4.78, 5) is 16.5. The zero-order valence-corrected chi connectivity index (χ0v) is 14.7. The van der Waals surface area contributed by atoms with Crippen LogP contribution in [-0.4, -0.2) is 82.1 Å². The number of likely N-dealkylation sites (tertiary alicyclic amines) is 1. The first-order valence-electron chi connectivity index (χ1n) is 8.75. The van der Waals surface area contributed by atoms with Crippen molar-refractivity contribution in [2.24, 2.45) is 7.05 Å². The van der Waals surface area contributed by atoms with E-state index in [-0.39, 0.29) is 5.91 Å². The number of carbonyl (C=O) groups is 1. The van der Waals surface area contributed by atoms with Crippen LogP contribution in [0.15, 0.2) is 6.20 Å². The summed E-state index contributed by atoms with van der Waals surface area (Å²) < 4.78 is 7.18. The molecule has 0 radical (unpaired) electrons. The zero-order chi connectivity index (χ0) is 17.2. The Labute approximate surface area is 143 Å². The summed E-state index contributed by atoms with van der Waals surface area (Å²) in [6.45, 7) is 6.89. The molecule has 0 aliphatic carbocycles. The van der Waals surface area contributed by atoms with E-state index in [0.29, 0.717) is 38.9 Å². The fourth-order valence-corrected chi connectivity index (χ4v) is 3.56. The van der Waals surface area contributed by atoms with Crippen molar-refractivity contribution in [3.8, 4) is 0 Å². The van der Waals surface area contributed by atoms with E-state index >= 15 is 0 Å². The molecular formula is C17H28N4O3. The number of hydrogen-bond acceptors (Lipinski definition) is 5. The summed E-state index contributed by atoms with van der Waals surface area (Å²) in [6.07, 6.45) is 3.67. The molecule has 7 nitrogen and oxygen atoms in total. The van der Waals surface area contributed by atoms with Crippen LogP contribution in [0.2, 0.25) is 0 Å². The number of morpholine rings is 1. The lowest BCUT2D eigenvalue weighted by molar-refractivity contribution is -0.131. The van der Waals surface area contributed by atoms with Crippen LogP contribution in [0, 0.1) is 6.92 Å². The van der Waals surface area contributed by atoms with Gasteiger partial charge in [-0.3, -0.25) is 14.4 Å². The molecule has 1 atom stereocenters. The molecule has 7 heteroatoms. The number of amides is 1. The Morgan fingerprint density at radius 1 is 1.38 bits per heavy atom. The summed E-state index contributed by atoms with van der Waals surface area (Å²) in [5.41, 5.74) is 1.44. The molecule has 0 spiro atoms. The van der Waals surface area contributed by atoms with Gasteiger partial charge in [-0.2, -0.15) is 5.10 Å². The Kier molecular flexibility index (Phi) is 5.22. The lowest BCUT2D eigenvalue weighted by Crippen LogP contribution is -2.49. The number of hydrogen-bond donors (Lipinski definition) is 1. The van der Waals surface area contributed by atoms with E-state index in [4.69, 9.17) is 4.74 Å². The van der Waals surface area contributed by atoms with Crippen molar-refractivity contribution in [3.05, 3.63) is 17.5 Å². The van der Waals surface area contributed by atoms with Crippen LogP contribution in [0.5, 0.6) is 0 Å². The van der Waals surface area contributed by atoms with Crippen LogP contribution in [0.1, 0.15) is 24.1 Å². The molecule has 0 unspecified atom stereocenters. The predicted molar refractivity (Wildman–Crippen MR) is 89.7 cm³/mol. The monoisotopic (exact) mass is 336 g/mol. The fourth-order valence-electron chi connectivity index (χ4n) is 3.56. The van der Waals surface area contributed by atoms with Crippen LogP contribution in [0.25, 0.3) is 0 Å². The van der Waals surface area contributed by atoms with Gasteiger partial charge < -0.3 is 14.7 Å². The lowest BCUT2D eigenvalue weighted by atomic mass is 10.0. The maximum Gasteiger partial charge on any atom is 0.223 e. The summed E-state index contributed by atoms with van der Waals surface area (Å²) >= 11 is 0. The van der Waals surface area contributed by atoms with Crippen molar-refractivity contribution in [1.82, 2.24) is 19.6 Å². The van der Waals surface area contributed by atoms with Crippen molar-refractivity contribution in [1.29, 1.82) is 0 Å². The summed E-state index contributed by atoms with van der Waals surface area (Å²) in [6, 6.07) is 0. The third kappa shape index (κ3) is 3.96. The number of carbonyl (C=O) groups excluding carboxylic acids is 1. The number of ether oxygens (including phenoxy) is 1. The highest BCUT2D eigenvalue weighted by Crippen LogP contribution is 2.24. The third-order valence-electron chi connectivity index (χ3n) is 5.25. The average molecular weight is 336 g/mol. The largest absolute Gasteiger partial charge is 0.387 e. The molecule has 0 saturated carbocycles. The van der Waals surface area contributed by atoms with E-state index in [9.17, 15) is 9.90 Å². The number of rotatable bonds is 5. The first-order chi connectivity index (χ1) is 11.5. The first kappa shape index (κ1) is 17.4. The lowest BCUT2D eigenvalue weighted by Gasteiger charge is -2.33. The van der Waals surface area contributed by atoms with Crippen LogP contribution in [0.4, 0.5) is 0 Å². The maximum absolute atomic E-state index is 12.5. The third-order valence-corrected chi connectivity index (χ3v) is 5.25. The Morgan fingerprint density at radius 3 is 2.79 bits per heavy atom. The maximum atomic E-state index is 12.5. The molecule has 3 rings (SSSR count). The highest BCUT2D eigenvalue weighted by molar-refractivity contribution is 5.77. The van der Waals surface area contributed by atoms with Gasteiger partial charge in [0.2, 0.25) is 5.91 Å². The topological polar surface area (TPSA) is 70.8 Å². The van der Waals surface area contributed by atoms with Crippen molar-refractivity contribution < 1.29 is 14.6 Å². The summed E-state index contributed by atoms with van der Waals surface area (Å²) in [7, 11) is 1.91. The molecule has 1 N–H and O–H groups in total. The molecule has 2 saturated heterocycles. The average Bonchev–Trinajstić information content (AvgIpc) is 3.10. The highest BCUT2D eigenvalue weighted by Gasteiger charge is 2.39.